The van der Waals surface area contributed by atoms with Gasteiger partial charge in [-0.15, -0.1) is 0 Å². The highest BCUT2D eigenvalue weighted by atomic mass is 79.9. The lowest BCUT2D eigenvalue weighted by Crippen LogP contribution is -2.13. The van der Waals surface area contributed by atoms with Crippen LogP contribution in [0.5, 0.6) is 0 Å². The third-order valence-electron chi connectivity index (χ3n) is 2.94. The SMILES string of the molecule is CC(Nc1ccccc1NS(C)(=O)=O)c1cccc(Br)c1. The molecule has 21 heavy (non-hydrogen) atoms. The summed E-state index contributed by atoms with van der Waals surface area (Å²) < 4.78 is 26.3. The average molecular weight is 369 g/mol. The lowest BCUT2D eigenvalue weighted by molar-refractivity contribution is 0.607. The highest BCUT2D eigenvalue weighted by molar-refractivity contribution is 9.10. The predicted molar refractivity (Wildman–Crippen MR) is 91.1 cm³/mol. The van der Waals surface area contributed by atoms with Gasteiger partial charge >= 0.3 is 0 Å². The Morgan fingerprint density at radius 2 is 1.71 bits per heavy atom. The van der Waals surface area contributed by atoms with Gasteiger partial charge in [0.15, 0.2) is 0 Å². The molecule has 4 nitrogen and oxygen atoms in total. The van der Waals surface area contributed by atoms with Crippen LogP contribution in [0.2, 0.25) is 0 Å². The lowest BCUT2D eigenvalue weighted by atomic mass is 10.1. The first-order chi connectivity index (χ1) is 9.85. The zero-order valence-corrected chi connectivity index (χ0v) is 14.2. The number of para-hydroxylation sites is 2. The molecule has 0 aromatic heterocycles. The Labute approximate surface area is 133 Å². The first-order valence-electron chi connectivity index (χ1n) is 6.44. The van der Waals surface area contributed by atoms with Crippen LogP contribution in [0, 0.1) is 0 Å². The molecular weight excluding hydrogens is 352 g/mol. The number of hydrogen-bond donors (Lipinski definition) is 2. The van der Waals surface area contributed by atoms with E-state index in [1.807, 2.05) is 43.3 Å². The maximum Gasteiger partial charge on any atom is 0.229 e. The zero-order valence-electron chi connectivity index (χ0n) is 11.8. The maximum atomic E-state index is 11.4. The van der Waals surface area contributed by atoms with Crippen molar-refractivity contribution in [3.05, 3.63) is 58.6 Å². The molecule has 0 aliphatic heterocycles. The zero-order chi connectivity index (χ0) is 15.5. The van der Waals surface area contributed by atoms with Crippen molar-refractivity contribution in [3.8, 4) is 0 Å². The van der Waals surface area contributed by atoms with Gasteiger partial charge in [-0.05, 0) is 36.8 Å². The van der Waals surface area contributed by atoms with Crippen LogP contribution in [0.3, 0.4) is 0 Å². The molecule has 0 aliphatic rings. The average Bonchev–Trinajstić information content (AvgIpc) is 2.39. The molecule has 0 spiro atoms. The van der Waals surface area contributed by atoms with Crippen molar-refractivity contribution in [1.29, 1.82) is 0 Å². The van der Waals surface area contributed by atoms with Gasteiger partial charge in [0.2, 0.25) is 10.0 Å². The van der Waals surface area contributed by atoms with Gasteiger partial charge in [-0.1, -0.05) is 40.2 Å². The standard InChI is InChI=1S/C15H17BrN2O2S/c1-11(12-6-5-7-13(16)10-12)17-14-8-3-4-9-15(14)18-21(2,19)20/h3-11,17-18H,1-2H3. The predicted octanol–water partition coefficient (Wildman–Crippen LogP) is 3.99. The quantitative estimate of drug-likeness (QED) is 0.838. The van der Waals surface area contributed by atoms with Crippen molar-refractivity contribution in [2.45, 2.75) is 13.0 Å². The number of nitrogens with one attached hydrogen (secondary N) is 2. The van der Waals surface area contributed by atoms with Gasteiger partial charge in [0, 0.05) is 10.5 Å². The Balaban J connectivity index is 2.23. The maximum absolute atomic E-state index is 11.4. The number of hydrogen-bond acceptors (Lipinski definition) is 3. The normalized spacial score (nSPS) is 12.7. The molecule has 0 aliphatic carbocycles. The fraction of sp³-hybridized carbons (Fsp3) is 0.200. The lowest BCUT2D eigenvalue weighted by Gasteiger charge is -2.19. The van der Waals surface area contributed by atoms with Gasteiger partial charge in [-0.25, -0.2) is 8.42 Å². The van der Waals surface area contributed by atoms with E-state index in [2.05, 4.69) is 26.0 Å². The van der Waals surface area contributed by atoms with E-state index in [0.29, 0.717) is 5.69 Å². The van der Waals surface area contributed by atoms with Gasteiger partial charge in [-0.2, -0.15) is 0 Å². The fourth-order valence-electron chi connectivity index (χ4n) is 1.99. The van der Waals surface area contributed by atoms with E-state index in [1.165, 1.54) is 0 Å². The molecule has 1 atom stereocenters. The summed E-state index contributed by atoms with van der Waals surface area (Å²) in [7, 11) is -3.30. The molecule has 6 heteroatoms. The largest absolute Gasteiger partial charge is 0.377 e. The Morgan fingerprint density at radius 3 is 2.33 bits per heavy atom. The van der Waals surface area contributed by atoms with Crippen LogP contribution in [0.15, 0.2) is 53.0 Å². The summed E-state index contributed by atoms with van der Waals surface area (Å²) in [5.74, 6) is 0. The van der Waals surface area contributed by atoms with Gasteiger partial charge in [0.1, 0.15) is 0 Å². The molecule has 0 heterocycles. The first-order valence-corrected chi connectivity index (χ1v) is 9.12. The van der Waals surface area contributed by atoms with Crippen molar-refractivity contribution in [2.24, 2.45) is 0 Å². The van der Waals surface area contributed by atoms with Crippen molar-refractivity contribution in [2.75, 3.05) is 16.3 Å². The summed E-state index contributed by atoms with van der Waals surface area (Å²) in [5, 5.41) is 3.33. The first kappa shape index (κ1) is 15.9. The van der Waals surface area contributed by atoms with E-state index in [0.717, 1.165) is 22.0 Å². The third kappa shape index (κ3) is 4.75. The van der Waals surface area contributed by atoms with E-state index in [1.54, 1.807) is 12.1 Å². The van der Waals surface area contributed by atoms with Crippen molar-refractivity contribution in [3.63, 3.8) is 0 Å². The number of halogens is 1. The topological polar surface area (TPSA) is 58.2 Å². The summed E-state index contributed by atoms with van der Waals surface area (Å²) in [6, 6.07) is 15.3. The van der Waals surface area contributed by atoms with Crippen molar-refractivity contribution in [1.82, 2.24) is 0 Å². The Kier molecular flexibility index (Phi) is 4.90. The van der Waals surface area contributed by atoms with Crippen LogP contribution in [0.25, 0.3) is 0 Å². The molecule has 112 valence electrons. The van der Waals surface area contributed by atoms with E-state index in [9.17, 15) is 8.42 Å². The summed E-state index contributed by atoms with van der Waals surface area (Å²) in [5.41, 5.74) is 2.40. The van der Waals surface area contributed by atoms with Crippen LogP contribution in [-0.2, 0) is 10.0 Å². The van der Waals surface area contributed by atoms with Crippen molar-refractivity contribution >= 4 is 37.3 Å². The minimum atomic E-state index is -3.30. The highest BCUT2D eigenvalue weighted by Gasteiger charge is 2.10. The molecule has 2 rings (SSSR count). The second-order valence-electron chi connectivity index (χ2n) is 4.84. The molecule has 0 fully saturated rings. The van der Waals surface area contributed by atoms with E-state index < -0.39 is 10.0 Å². The Bertz CT molecular complexity index is 732. The van der Waals surface area contributed by atoms with Gasteiger partial charge in [0.25, 0.3) is 0 Å². The molecule has 0 amide bonds. The summed E-state index contributed by atoms with van der Waals surface area (Å²) >= 11 is 3.45. The molecule has 2 N–H and O–H groups in total. The number of benzene rings is 2. The number of sulfonamides is 1. The van der Waals surface area contributed by atoms with Gasteiger partial charge < -0.3 is 5.32 Å². The number of rotatable bonds is 5. The van der Waals surface area contributed by atoms with E-state index in [4.69, 9.17) is 0 Å². The second kappa shape index (κ2) is 6.49. The Morgan fingerprint density at radius 1 is 1.05 bits per heavy atom. The second-order valence-corrected chi connectivity index (χ2v) is 7.50. The molecule has 0 saturated heterocycles. The Hall–Kier alpha value is -1.53. The van der Waals surface area contributed by atoms with Crippen LogP contribution in [0.1, 0.15) is 18.5 Å². The van der Waals surface area contributed by atoms with Crippen molar-refractivity contribution < 1.29 is 8.42 Å². The molecule has 0 saturated carbocycles. The summed E-state index contributed by atoms with van der Waals surface area (Å²) in [6.45, 7) is 2.03. The van der Waals surface area contributed by atoms with E-state index in [-0.39, 0.29) is 6.04 Å². The van der Waals surface area contributed by atoms with Crippen LogP contribution < -0.4 is 10.0 Å². The van der Waals surface area contributed by atoms with Gasteiger partial charge in [-0.3, -0.25) is 4.72 Å². The molecule has 1 unspecified atom stereocenters. The monoisotopic (exact) mass is 368 g/mol. The van der Waals surface area contributed by atoms with E-state index >= 15 is 0 Å². The highest BCUT2D eigenvalue weighted by Crippen LogP contribution is 2.27. The molecule has 0 bridgehead atoms. The minimum Gasteiger partial charge on any atom is -0.377 e. The van der Waals surface area contributed by atoms with Crippen LogP contribution in [0.4, 0.5) is 11.4 Å². The van der Waals surface area contributed by atoms with Crippen LogP contribution in [-0.4, -0.2) is 14.7 Å². The number of anilines is 2. The summed E-state index contributed by atoms with van der Waals surface area (Å²) in [6.07, 6.45) is 1.14. The molecule has 2 aromatic rings. The van der Waals surface area contributed by atoms with Crippen LogP contribution >= 0.6 is 15.9 Å². The minimum absolute atomic E-state index is 0.0463. The fourth-order valence-corrected chi connectivity index (χ4v) is 2.98. The molecule has 2 aromatic carbocycles. The van der Waals surface area contributed by atoms with Gasteiger partial charge in [0.05, 0.1) is 17.6 Å². The summed E-state index contributed by atoms with van der Waals surface area (Å²) in [4.78, 5) is 0. The third-order valence-corrected chi connectivity index (χ3v) is 4.03. The smallest absolute Gasteiger partial charge is 0.229 e. The molecule has 0 radical (unpaired) electrons. The molecular formula is C15H17BrN2O2S.